The van der Waals surface area contributed by atoms with Crippen molar-refractivity contribution in [2.45, 2.75) is 0 Å². The van der Waals surface area contributed by atoms with E-state index in [2.05, 4.69) is 0 Å². The average Bonchev–Trinajstić information content (AvgIpc) is 3.09. The Hall–Kier alpha value is -1.72. The molecule has 20 heavy (non-hydrogen) atoms. The third kappa shape index (κ3) is 3.88. The van der Waals surface area contributed by atoms with E-state index >= 15 is 0 Å². The van der Waals surface area contributed by atoms with E-state index in [4.69, 9.17) is 0 Å². The van der Waals surface area contributed by atoms with Gasteiger partial charge in [-0.15, -0.1) is 0 Å². The van der Waals surface area contributed by atoms with Crippen LogP contribution in [0.4, 0.5) is 0 Å². The number of benzene rings is 2. The summed E-state index contributed by atoms with van der Waals surface area (Å²) in [4.78, 5) is 20.3. The van der Waals surface area contributed by atoms with E-state index < -0.39 is 8.56 Å². The Kier molecular flexibility index (Phi) is 5.26. The van der Waals surface area contributed by atoms with Crippen LogP contribution in [-0.4, -0.2) is 18.2 Å². The molecule has 0 amide bonds. The van der Waals surface area contributed by atoms with Gasteiger partial charge in [-0.25, -0.2) is 0 Å². The molecule has 0 unspecified atom stereocenters. The topological polar surface area (TPSA) is 40.5 Å². The van der Waals surface area contributed by atoms with E-state index in [0.717, 1.165) is 0 Å². The molecular formula is C16H16O2SSi. The van der Waals surface area contributed by atoms with Crippen molar-refractivity contribution in [3.8, 4) is 0 Å². The minimum Gasteiger partial charge on any atom is -0.404 e. The summed E-state index contributed by atoms with van der Waals surface area (Å²) in [6, 6.07) is 22.0. The summed E-state index contributed by atoms with van der Waals surface area (Å²) in [5, 5.41) is 5.30. The highest BCUT2D eigenvalue weighted by Gasteiger charge is 2.33. The fraction of sp³-hybridized carbons (Fsp3) is 0. The first-order chi connectivity index (χ1) is 9.71. The maximum atomic E-state index is 10.2. The van der Waals surface area contributed by atoms with Crippen molar-refractivity contribution in [1.82, 2.24) is 0 Å². The Labute approximate surface area is 123 Å². The Morgan fingerprint density at radius 2 is 1.00 bits per heavy atom. The summed E-state index contributed by atoms with van der Waals surface area (Å²) in [5.41, 5.74) is 0. The Balaban J connectivity index is 0.000000247. The zero-order valence-electron chi connectivity index (χ0n) is 10.9. The Morgan fingerprint density at radius 3 is 1.30 bits per heavy atom. The van der Waals surface area contributed by atoms with Crippen molar-refractivity contribution in [3.63, 3.8) is 0 Å². The molecule has 1 heterocycles. The molecule has 102 valence electrons. The van der Waals surface area contributed by atoms with Gasteiger partial charge >= 0.3 is 8.56 Å². The van der Waals surface area contributed by atoms with Crippen LogP contribution in [0.2, 0.25) is 0 Å². The molecule has 0 fully saturated rings. The third-order valence-electron chi connectivity index (χ3n) is 2.78. The van der Waals surface area contributed by atoms with Crippen LogP contribution in [0, 0.1) is 0 Å². The highest BCUT2D eigenvalue weighted by Crippen LogP contribution is 1.97. The van der Waals surface area contributed by atoms with E-state index in [-0.39, 0.29) is 0 Å². The minimum atomic E-state index is -3.46. The van der Waals surface area contributed by atoms with Crippen molar-refractivity contribution in [2.24, 2.45) is 0 Å². The van der Waals surface area contributed by atoms with Gasteiger partial charge in [0.2, 0.25) is 0 Å². The van der Waals surface area contributed by atoms with Gasteiger partial charge in [0.1, 0.15) is 0 Å². The van der Waals surface area contributed by atoms with Gasteiger partial charge in [-0.05, 0) is 21.1 Å². The highest BCUT2D eigenvalue weighted by molar-refractivity contribution is 7.07. The Bertz CT molecular complexity index is 536. The van der Waals surface area contributed by atoms with Crippen molar-refractivity contribution < 1.29 is 9.59 Å². The van der Waals surface area contributed by atoms with Crippen LogP contribution < -0.4 is 10.4 Å². The maximum absolute atomic E-state index is 10.2. The molecule has 4 heteroatoms. The van der Waals surface area contributed by atoms with Gasteiger partial charge < -0.3 is 9.59 Å². The first kappa shape index (κ1) is 14.7. The molecule has 1 aromatic heterocycles. The molecule has 2 aromatic carbocycles. The van der Waals surface area contributed by atoms with Gasteiger partial charge in [-0.3, -0.25) is 0 Å². The lowest BCUT2D eigenvalue weighted by Crippen LogP contribution is -2.59. The van der Waals surface area contributed by atoms with Crippen LogP contribution in [0.5, 0.6) is 0 Å². The summed E-state index contributed by atoms with van der Waals surface area (Å²) >= 11 is 1.71. The first-order valence-electron chi connectivity index (χ1n) is 6.24. The molecule has 0 aliphatic carbocycles. The average molecular weight is 300 g/mol. The molecule has 0 aliphatic rings. The molecule has 2 nitrogen and oxygen atoms in total. The fourth-order valence-corrected chi connectivity index (χ4v) is 3.84. The lowest BCUT2D eigenvalue weighted by atomic mass is 10.4. The SMILES string of the molecule is O[Si](O)(c1ccccc1)c1ccccc1.c1ccsc1. The molecule has 0 atom stereocenters. The van der Waals surface area contributed by atoms with Gasteiger partial charge in [0.25, 0.3) is 0 Å². The number of hydrogen-bond donors (Lipinski definition) is 2. The fourth-order valence-electron chi connectivity index (χ4n) is 1.73. The molecular weight excluding hydrogens is 284 g/mol. The van der Waals surface area contributed by atoms with Crippen LogP contribution in [0.1, 0.15) is 0 Å². The van der Waals surface area contributed by atoms with Crippen molar-refractivity contribution in [1.29, 1.82) is 0 Å². The van der Waals surface area contributed by atoms with Gasteiger partial charge in [0, 0.05) is 0 Å². The standard InChI is InChI=1S/C12H12O2Si.C4H4S/c13-15(14,11-7-3-1-4-8-11)12-9-5-2-6-10-12;1-2-4-5-3-1/h1-10,13-14H;1-4H. The Morgan fingerprint density at radius 1 is 0.600 bits per heavy atom. The maximum Gasteiger partial charge on any atom is 0.401 e. The summed E-state index contributed by atoms with van der Waals surface area (Å²) in [7, 11) is -3.46. The molecule has 3 aromatic rings. The van der Waals surface area contributed by atoms with Crippen LogP contribution in [0.3, 0.4) is 0 Å². The summed E-state index contributed by atoms with van der Waals surface area (Å²) in [6.07, 6.45) is 0. The van der Waals surface area contributed by atoms with E-state index in [1.54, 1.807) is 35.6 Å². The van der Waals surface area contributed by atoms with E-state index in [1.165, 1.54) is 0 Å². The van der Waals surface area contributed by atoms with E-state index in [0.29, 0.717) is 10.4 Å². The number of rotatable bonds is 2. The third-order valence-corrected chi connectivity index (χ3v) is 5.68. The van der Waals surface area contributed by atoms with E-state index in [1.807, 2.05) is 59.3 Å². The molecule has 0 aliphatic heterocycles. The minimum absolute atomic E-state index is 0.608. The normalized spacial score (nSPS) is 10.5. The number of thiophene rings is 1. The summed E-state index contributed by atoms with van der Waals surface area (Å²) in [5.74, 6) is 0. The second-order valence-electron chi connectivity index (χ2n) is 4.20. The van der Waals surface area contributed by atoms with Crippen LogP contribution >= 0.6 is 11.3 Å². The molecule has 0 spiro atoms. The monoisotopic (exact) mass is 300 g/mol. The largest absolute Gasteiger partial charge is 0.404 e. The van der Waals surface area contributed by atoms with Crippen LogP contribution in [0.15, 0.2) is 83.6 Å². The number of hydrogen-bond acceptors (Lipinski definition) is 3. The second-order valence-corrected chi connectivity index (χ2v) is 7.51. The van der Waals surface area contributed by atoms with Crippen molar-refractivity contribution in [2.75, 3.05) is 0 Å². The zero-order valence-corrected chi connectivity index (χ0v) is 12.7. The summed E-state index contributed by atoms with van der Waals surface area (Å²) in [6.45, 7) is 0. The van der Waals surface area contributed by atoms with Crippen molar-refractivity contribution in [3.05, 3.63) is 83.6 Å². The predicted molar refractivity (Wildman–Crippen MR) is 86.7 cm³/mol. The van der Waals surface area contributed by atoms with Crippen LogP contribution in [0.25, 0.3) is 0 Å². The van der Waals surface area contributed by atoms with Gasteiger partial charge in [-0.2, -0.15) is 11.3 Å². The first-order valence-corrected chi connectivity index (χ1v) is 9.08. The molecule has 3 rings (SSSR count). The molecule has 0 saturated heterocycles. The summed E-state index contributed by atoms with van der Waals surface area (Å²) < 4.78 is 0. The second kappa shape index (κ2) is 7.16. The quantitative estimate of drug-likeness (QED) is 0.711. The highest BCUT2D eigenvalue weighted by atomic mass is 32.1. The van der Waals surface area contributed by atoms with Gasteiger partial charge in [0.15, 0.2) is 0 Å². The van der Waals surface area contributed by atoms with Gasteiger partial charge in [-0.1, -0.05) is 72.8 Å². The van der Waals surface area contributed by atoms with Crippen molar-refractivity contribution >= 4 is 30.3 Å². The lowest BCUT2D eigenvalue weighted by molar-refractivity contribution is 0.401. The molecule has 0 bridgehead atoms. The molecule has 0 saturated carbocycles. The molecule has 0 radical (unpaired) electrons. The smallest absolute Gasteiger partial charge is 0.401 e. The molecule has 2 N–H and O–H groups in total. The van der Waals surface area contributed by atoms with E-state index in [9.17, 15) is 9.59 Å². The zero-order chi connectivity index (χ0) is 14.3. The van der Waals surface area contributed by atoms with Crippen LogP contribution in [-0.2, 0) is 0 Å². The van der Waals surface area contributed by atoms with Gasteiger partial charge in [0.05, 0.1) is 0 Å². The predicted octanol–water partition coefficient (Wildman–Crippen LogP) is 1.98. The lowest BCUT2D eigenvalue weighted by Gasteiger charge is -2.18.